The average molecular weight is 847 g/mol. The second-order valence-corrected chi connectivity index (χ2v) is 19.2. The van der Waals surface area contributed by atoms with Gasteiger partial charge in [-0.05, 0) is 93.2 Å². The van der Waals surface area contributed by atoms with Crippen molar-refractivity contribution in [2.45, 2.75) is 89.0 Å². The molecule has 2 unspecified atom stereocenters. The van der Waals surface area contributed by atoms with Crippen molar-refractivity contribution in [3.8, 4) is 11.5 Å². The molecule has 1 aliphatic carbocycles. The fraction of sp³-hybridized carbons (Fsp3) is 0.521. The Morgan fingerprint density at radius 1 is 1.02 bits per heavy atom. The Labute approximate surface area is 361 Å². The molecule has 0 radical (unpaired) electrons. The van der Waals surface area contributed by atoms with Gasteiger partial charge in [0.1, 0.15) is 24.1 Å². The highest BCUT2D eigenvalue weighted by atomic mass is 19.3. The maximum atomic E-state index is 14.1. The molecular formula is C48H56F2N8O4. The van der Waals surface area contributed by atoms with E-state index in [1.54, 1.807) is 12.0 Å². The van der Waals surface area contributed by atoms with Crippen LogP contribution in [0.1, 0.15) is 84.1 Å². The first-order valence-electron chi connectivity index (χ1n) is 22.6. The number of piperidine rings is 1. The third-order valence-electron chi connectivity index (χ3n) is 15.5. The number of piperazine rings is 1. The lowest BCUT2D eigenvalue weighted by atomic mass is 9.65. The zero-order chi connectivity index (χ0) is 42.4. The number of methoxy groups -OCH3 is 1. The molecule has 4 fully saturated rings. The second kappa shape index (κ2) is 15.3. The monoisotopic (exact) mass is 846 g/mol. The fourth-order valence-corrected chi connectivity index (χ4v) is 12.2. The average Bonchev–Trinajstić information content (AvgIpc) is 3.88. The molecule has 6 aliphatic heterocycles. The largest absolute Gasteiger partial charge is 0.496 e. The fourth-order valence-electron chi connectivity index (χ4n) is 12.2. The number of ether oxygens (including phenoxy) is 2. The number of H-pyrrole nitrogens is 1. The molecule has 62 heavy (non-hydrogen) atoms. The molecule has 7 aliphatic rings. The second-order valence-electron chi connectivity index (χ2n) is 19.2. The molecule has 7 heterocycles. The standard InChI is InChI=1S/C48H56F2N8O4/c1-28-4-10-41(46(59)52-28)58-23-38-34(47(58)60)8-11-40-45(38)62-25-32-22-54(16-17-56(32)40)21-30-12-14-48(15-13-30)26-55(27-48)31-5-6-35(42(19-31)61-3)44-33-7-9-39-37(20-51-53-39)36(33)18-29(2)57(44)24-43(49)50/h5-9,11,19-20,29-30,32,41,43-44H,1,4,10,12-18,21-27H2,2-3H3,(H,51,53)(H,52,59)/t29?,32-,41?,44-/m0/s1. The molecule has 1 saturated carbocycles. The third-order valence-corrected chi connectivity index (χ3v) is 15.5. The van der Waals surface area contributed by atoms with Crippen molar-refractivity contribution in [2.24, 2.45) is 11.3 Å². The number of aromatic nitrogens is 2. The number of rotatable bonds is 8. The molecule has 3 saturated heterocycles. The summed E-state index contributed by atoms with van der Waals surface area (Å²) in [7, 11) is 1.69. The Morgan fingerprint density at radius 3 is 2.63 bits per heavy atom. The molecule has 11 rings (SSSR count). The quantitative estimate of drug-likeness (QED) is 0.206. The number of halogens is 2. The lowest BCUT2D eigenvalue weighted by molar-refractivity contribution is -0.126. The summed E-state index contributed by atoms with van der Waals surface area (Å²) < 4.78 is 40.7. The van der Waals surface area contributed by atoms with Gasteiger partial charge in [0, 0.05) is 90.3 Å². The number of amides is 2. The summed E-state index contributed by atoms with van der Waals surface area (Å²) in [5.74, 6) is 1.96. The minimum atomic E-state index is -2.45. The predicted octanol–water partition coefficient (Wildman–Crippen LogP) is 6.50. The van der Waals surface area contributed by atoms with Gasteiger partial charge >= 0.3 is 0 Å². The van der Waals surface area contributed by atoms with Gasteiger partial charge in [-0.15, -0.1) is 0 Å². The van der Waals surface area contributed by atoms with Crippen molar-refractivity contribution in [2.75, 3.05) is 69.3 Å². The molecule has 1 aromatic heterocycles. The van der Waals surface area contributed by atoms with Crippen LogP contribution < -0.4 is 24.6 Å². The predicted molar refractivity (Wildman–Crippen MR) is 233 cm³/mol. The Morgan fingerprint density at radius 2 is 1.84 bits per heavy atom. The van der Waals surface area contributed by atoms with Gasteiger partial charge in [-0.1, -0.05) is 18.7 Å². The molecule has 14 heteroatoms. The summed E-state index contributed by atoms with van der Waals surface area (Å²) in [6.07, 6.45) is 6.26. The van der Waals surface area contributed by atoms with Gasteiger partial charge in [0.25, 0.3) is 12.3 Å². The van der Waals surface area contributed by atoms with Crippen LogP contribution in [-0.4, -0.2) is 121 Å². The van der Waals surface area contributed by atoms with Crippen molar-refractivity contribution in [1.29, 1.82) is 0 Å². The van der Waals surface area contributed by atoms with E-state index in [-0.39, 0.29) is 36.5 Å². The Kier molecular flexibility index (Phi) is 9.75. The van der Waals surface area contributed by atoms with Crippen LogP contribution in [0.4, 0.5) is 20.2 Å². The molecule has 4 atom stereocenters. The molecule has 0 bridgehead atoms. The van der Waals surface area contributed by atoms with Crippen molar-refractivity contribution in [3.63, 3.8) is 0 Å². The molecule has 4 aromatic rings. The number of hydrogen-bond acceptors (Lipinski definition) is 9. The van der Waals surface area contributed by atoms with Crippen LogP contribution in [0.15, 0.2) is 60.9 Å². The van der Waals surface area contributed by atoms with Crippen LogP contribution in [0.2, 0.25) is 0 Å². The minimum absolute atomic E-state index is 0.0798. The van der Waals surface area contributed by atoms with E-state index in [1.165, 1.54) is 25.7 Å². The Bertz CT molecular complexity index is 2440. The molecule has 326 valence electrons. The Hall–Kier alpha value is -5.21. The lowest BCUT2D eigenvalue weighted by Gasteiger charge is -2.55. The summed E-state index contributed by atoms with van der Waals surface area (Å²) in [5, 5.41) is 11.2. The molecule has 2 N–H and O–H groups in total. The SMILES string of the molecule is C=C1CCC(N2Cc3c(ccc4c3OC[C@@H]3CN(CC5CCC6(CC5)CN(c5ccc([C@@H]7c8ccc9[nH]ncc9c8CC(C)N7CC(F)F)c(OC)c5)C6)CCN43)C2=O)C(=O)N1. The zero-order valence-corrected chi connectivity index (χ0v) is 35.7. The molecular weight excluding hydrogens is 791 g/mol. The van der Waals surface area contributed by atoms with Gasteiger partial charge < -0.3 is 29.5 Å². The summed E-state index contributed by atoms with van der Waals surface area (Å²) in [5.41, 5.74) is 8.86. The first kappa shape index (κ1) is 39.6. The van der Waals surface area contributed by atoms with Crippen molar-refractivity contribution in [1.82, 2.24) is 30.2 Å². The summed E-state index contributed by atoms with van der Waals surface area (Å²) in [6.45, 7) is 12.6. The number of fused-ring (bicyclic) bond motifs is 8. The number of alkyl halides is 2. The number of benzene rings is 3. The van der Waals surface area contributed by atoms with Gasteiger partial charge in [0.15, 0.2) is 0 Å². The van der Waals surface area contributed by atoms with Crippen LogP contribution in [-0.2, 0) is 17.8 Å². The lowest BCUT2D eigenvalue weighted by Crippen LogP contribution is -2.59. The zero-order valence-electron chi connectivity index (χ0n) is 35.7. The van der Waals surface area contributed by atoms with E-state index in [4.69, 9.17) is 9.47 Å². The van der Waals surface area contributed by atoms with Gasteiger partial charge in [-0.25, -0.2) is 8.78 Å². The summed E-state index contributed by atoms with van der Waals surface area (Å²) in [6, 6.07) is 13.8. The highest BCUT2D eigenvalue weighted by Gasteiger charge is 2.47. The normalized spacial score (nSPS) is 26.3. The molecule has 3 aromatic carbocycles. The highest BCUT2D eigenvalue weighted by molar-refractivity contribution is 6.03. The summed E-state index contributed by atoms with van der Waals surface area (Å²) in [4.78, 5) is 37.5. The van der Waals surface area contributed by atoms with Crippen molar-refractivity contribution in [3.05, 3.63) is 88.8 Å². The number of aromatic amines is 1. The van der Waals surface area contributed by atoms with Crippen LogP contribution in [0.3, 0.4) is 0 Å². The third kappa shape index (κ3) is 6.62. The number of carbonyl (C=O) groups excluding carboxylic acids is 2. The van der Waals surface area contributed by atoms with E-state index in [0.29, 0.717) is 55.0 Å². The van der Waals surface area contributed by atoms with E-state index in [0.717, 1.165) is 95.3 Å². The number of anilines is 2. The minimum Gasteiger partial charge on any atom is -0.496 e. The van der Waals surface area contributed by atoms with Crippen molar-refractivity contribution < 1.29 is 27.8 Å². The van der Waals surface area contributed by atoms with Crippen LogP contribution in [0.25, 0.3) is 10.9 Å². The van der Waals surface area contributed by atoms with Crippen molar-refractivity contribution >= 4 is 34.1 Å². The number of carbonyl (C=O) groups is 2. The van der Waals surface area contributed by atoms with Crippen LogP contribution in [0.5, 0.6) is 11.5 Å². The number of allylic oxidation sites excluding steroid dienone is 1. The smallest absolute Gasteiger partial charge is 0.255 e. The summed E-state index contributed by atoms with van der Waals surface area (Å²) >= 11 is 0. The molecule has 2 amide bonds. The number of nitrogens with one attached hydrogen (secondary N) is 2. The van der Waals surface area contributed by atoms with Crippen LogP contribution >= 0.6 is 0 Å². The topological polar surface area (TPSA) is 110 Å². The van der Waals surface area contributed by atoms with E-state index in [1.807, 2.05) is 36.2 Å². The van der Waals surface area contributed by atoms with E-state index >= 15 is 0 Å². The first-order chi connectivity index (χ1) is 30.1. The Balaban J connectivity index is 0.709. The maximum Gasteiger partial charge on any atom is 0.255 e. The maximum absolute atomic E-state index is 14.1. The number of hydrogen-bond donors (Lipinski definition) is 2. The molecule has 1 spiro atoms. The number of nitrogens with zero attached hydrogens (tertiary/aromatic N) is 6. The van der Waals surface area contributed by atoms with Crippen LogP contribution in [0, 0.1) is 11.3 Å². The van der Waals surface area contributed by atoms with Gasteiger partial charge in [-0.2, -0.15) is 5.10 Å². The highest BCUT2D eigenvalue weighted by Crippen LogP contribution is 2.50. The van der Waals surface area contributed by atoms with E-state index in [2.05, 4.69) is 61.1 Å². The van der Waals surface area contributed by atoms with E-state index < -0.39 is 12.5 Å². The first-order valence-corrected chi connectivity index (χ1v) is 22.6. The van der Waals surface area contributed by atoms with Gasteiger partial charge in [0.2, 0.25) is 5.91 Å². The van der Waals surface area contributed by atoms with Gasteiger partial charge in [0.05, 0.1) is 49.7 Å². The van der Waals surface area contributed by atoms with Gasteiger partial charge in [-0.3, -0.25) is 24.5 Å². The molecule has 12 nitrogen and oxygen atoms in total. The van der Waals surface area contributed by atoms with E-state index in [9.17, 15) is 18.4 Å².